The summed E-state index contributed by atoms with van der Waals surface area (Å²) in [5.41, 5.74) is 1.01. The Kier molecular flexibility index (Phi) is 5.22. The van der Waals surface area contributed by atoms with Gasteiger partial charge < -0.3 is 0 Å². The number of thioether (sulfide) groups is 1. The minimum Gasteiger partial charge on any atom is -0.300 e. The maximum atomic E-state index is 12.3. The van der Waals surface area contributed by atoms with E-state index in [1.807, 2.05) is 30.3 Å². The van der Waals surface area contributed by atoms with Gasteiger partial charge in [-0.2, -0.15) is 0 Å². The first-order valence-electron chi connectivity index (χ1n) is 8.88. The lowest BCUT2D eigenvalue weighted by molar-refractivity contribution is -0.113. The Morgan fingerprint density at radius 1 is 1.22 bits per heavy atom. The highest BCUT2D eigenvalue weighted by atomic mass is 32.2. The van der Waals surface area contributed by atoms with Gasteiger partial charge in [0.2, 0.25) is 11.0 Å². The number of hydrogen-bond acceptors (Lipinski definition) is 7. The van der Waals surface area contributed by atoms with Crippen molar-refractivity contribution in [2.24, 2.45) is 0 Å². The number of benzene rings is 1. The molecule has 0 aliphatic heterocycles. The third-order valence-electron chi connectivity index (χ3n) is 4.16. The Morgan fingerprint density at radius 3 is 2.70 bits per heavy atom. The molecule has 1 aromatic carbocycles. The first-order valence-corrected chi connectivity index (χ1v) is 10.7. The van der Waals surface area contributed by atoms with Crippen molar-refractivity contribution in [3.63, 3.8) is 0 Å². The Bertz CT molecular complexity index is 932. The molecule has 7 nitrogen and oxygen atoms in total. The van der Waals surface area contributed by atoms with Gasteiger partial charge in [-0.1, -0.05) is 53.4 Å². The molecule has 27 heavy (non-hydrogen) atoms. The standard InChI is InChI=1S/C18H20N6OS2/c1-11(2)24-15(12-6-4-3-5-7-12)20-23-18(24)26-10-14(25)19-17-22-21-16(27-17)13-8-9-13/h3-7,11,13H,8-10H2,1-2H3,(H,19,22,25). The third kappa shape index (κ3) is 4.19. The van der Waals surface area contributed by atoms with Crippen LogP contribution in [0.1, 0.15) is 43.7 Å². The molecule has 2 aromatic heterocycles. The molecule has 140 valence electrons. The molecule has 0 unspecified atom stereocenters. The van der Waals surface area contributed by atoms with Crippen molar-refractivity contribution in [1.82, 2.24) is 25.0 Å². The van der Waals surface area contributed by atoms with Crippen molar-refractivity contribution in [3.05, 3.63) is 35.3 Å². The summed E-state index contributed by atoms with van der Waals surface area (Å²) in [6.45, 7) is 4.17. The predicted octanol–water partition coefficient (Wildman–Crippen LogP) is 3.99. The van der Waals surface area contributed by atoms with E-state index in [9.17, 15) is 4.79 Å². The maximum Gasteiger partial charge on any atom is 0.236 e. The summed E-state index contributed by atoms with van der Waals surface area (Å²) in [5, 5.41) is 22.0. The lowest BCUT2D eigenvalue weighted by Crippen LogP contribution is -2.15. The van der Waals surface area contributed by atoms with Gasteiger partial charge in [-0.25, -0.2) is 0 Å². The molecule has 1 N–H and O–H groups in total. The monoisotopic (exact) mass is 400 g/mol. The summed E-state index contributed by atoms with van der Waals surface area (Å²) in [5.74, 6) is 1.49. The lowest BCUT2D eigenvalue weighted by atomic mass is 10.2. The Hall–Kier alpha value is -2.26. The molecular formula is C18H20N6OS2. The number of amides is 1. The molecule has 1 saturated carbocycles. The van der Waals surface area contributed by atoms with Gasteiger partial charge in [0.1, 0.15) is 5.01 Å². The van der Waals surface area contributed by atoms with Crippen LogP contribution in [0.3, 0.4) is 0 Å². The number of carbonyl (C=O) groups is 1. The van der Waals surface area contributed by atoms with Crippen LogP contribution >= 0.6 is 23.1 Å². The molecule has 2 heterocycles. The second kappa shape index (κ2) is 7.77. The number of carbonyl (C=O) groups excluding carboxylic acids is 1. The van der Waals surface area contributed by atoms with Crippen LogP contribution in [0.2, 0.25) is 0 Å². The molecule has 0 spiro atoms. The number of anilines is 1. The lowest BCUT2D eigenvalue weighted by Gasteiger charge is -2.13. The molecule has 1 amide bonds. The maximum absolute atomic E-state index is 12.3. The van der Waals surface area contributed by atoms with Crippen molar-refractivity contribution < 1.29 is 4.79 Å². The van der Waals surface area contributed by atoms with Gasteiger partial charge in [-0.3, -0.25) is 14.7 Å². The summed E-state index contributed by atoms with van der Waals surface area (Å²) in [6.07, 6.45) is 2.35. The molecule has 4 rings (SSSR count). The largest absolute Gasteiger partial charge is 0.300 e. The zero-order valence-electron chi connectivity index (χ0n) is 15.1. The topological polar surface area (TPSA) is 85.6 Å². The fraction of sp³-hybridized carbons (Fsp3) is 0.389. The molecule has 0 radical (unpaired) electrons. The van der Waals surface area contributed by atoms with Crippen LogP contribution in [0.4, 0.5) is 5.13 Å². The van der Waals surface area contributed by atoms with E-state index in [1.165, 1.54) is 35.9 Å². The molecule has 0 saturated heterocycles. The second-order valence-electron chi connectivity index (χ2n) is 6.69. The highest BCUT2D eigenvalue weighted by molar-refractivity contribution is 7.99. The van der Waals surface area contributed by atoms with E-state index in [1.54, 1.807) is 0 Å². The summed E-state index contributed by atoms with van der Waals surface area (Å²) >= 11 is 2.84. The van der Waals surface area contributed by atoms with Gasteiger partial charge in [-0.05, 0) is 26.7 Å². The normalized spacial score (nSPS) is 13.9. The first kappa shape index (κ1) is 18.1. The number of rotatable bonds is 7. The number of hydrogen-bond donors (Lipinski definition) is 1. The summed E-state index contributed by atoms with van der Waals surface area (Å²) < 4.78 is 2.06. The molecule has 0 bridgehead atoms. The van der Waals surface area contributed by atoms with Crippen LogP contribution in [-0.4, -0.2) is 36.6 Å². The summed E-state index contributed by atoms with van der Waals surface area (Å²) in [4.78, 5) is 12.3. The predicted molar refractivity (Wildman–Crippen MR) is 107 cm³/mol. The van der Waals surface area contributed by atoms with Crippen LogP contribution in [-0.2, 0) is 4.79 Å². The summed E-state index contributed by atoms with van der Waals surface area (Å²) in [7, 11) is 0. The number of nitrogens with zero attached hydrogens (tertiary/aromatic N) is 5. The van der Waals surface area contributed by atoms with Crippen LogP contribution in [0.25, 0.3) is 11.4 Å². The van der Waals surface area contributed by atoms with Gasteiger partial charge in [0.25, 0.3) is 0 Å². The first-order chi connectivity index (χ1) is 13.1. The van der Waals surface area contributed by atoms with Gasteiger partial charge in [0.15, 0.2) is 11.0 Å². The third-order valence-corrected chi connectivity index (χ3v) is 6.10. The molecular weight excluding hydrogens is 380 g/mol. The Morgan fingerprint density at radius 2 is 2.00 bits per heavy atom. The molecule has 0 atom stereocenters. The van der Waals surface area contributed by atoms with E-state index >= 15 is 0 Å². The van der Waals surface area contributed by atoms with Gasteiger partial charge in [0.05, 0.1) is 5.75 Å². The van der Waals surface area contributed by atoms with Crippen LogP contribution in [0.15, 0.2) is 35.5 Å². The number of aromatic nitrogens is 5. The van der Waals surface area contributed by atoms with Gasteiger partial charge >= 0.3 is 0 Å². The zero-order valence-corrected chi connectivity index (χ0v) is 16.8. The molecule has 1 aliphatic carbocycles. The molecule has 9 heteroatoms. The van der Waals surface area contributed by atoms with Crippen molar-refractivity contribution >= 4 is 34.1 Å². The minimum atomic E-state index is -0.113. The molecule has 1 aliphatic rings. The fourth-order valence-electron chi connectivity index (χ4n) is 2.69. The quantitative estimate of drug-likeness (QED) is 0.604. The SMILES string of the molecule is CC(C)n1c(SCC(=O)Nc2nnc(C3CC3)s2)nnc1-c1ccccc1. The smallest absolute Gasteiger partial charge is 0.236 e. The van der Waals surface area contributed by atoms with Crippen molar-refractivity contribution in [3.8, 4) is 11.4 Å². The molecule has 1 fully saturated rings. The molecule has 3 aromatic rings. The highest BCUT2D eigenvalue weighted by Gasteiger charge is 2.27. The fourth-order valence-corrected chi connectivity index (χ4v) is 4.49. The summed E-state index contributed by atoms with van der Waals surface area (Å²) in [6, 6.07) is 10.1. The average Bonchev–Trinajstić information content (AvgIpc) is 3.25. The van der Waals surface area contributed by atoms with Crippen molar-refractivity contribution in [1.29, 1.82) is 0 Å². The Balaban J connectivity index is 1.42. The van der Waals surface area contributed by atoms with Crippen LogP contribution < -0.4 is 5.32 Å². The van der Waals surface area contributed by atoms with Gasteiger partial charge in [0, 0.05) is 17.5 Å². The van der Waals surface area contributed by atoms with E-state index < -0.39 is 0 Å². The van der Waals surface area contributed by atoms with Crippen LogP contribution in [0, 0.1) is 0 Å². The second-order valence-corrected chi connectivity index (χ2v) is 8.64. The van der Waals surface area contributed by atoms with E-state index in [2.05, 4.69) is 44.1 Å². The van der Waals surface area contributed by atoms with E-state index in [0.29, 0.717) is 11.0 Å². The highest BCUT2D eigenvalue weighted by Crippen LogP contribution is 2.42. The van der Waals surface area contributed by atoms with Crippen molar-refractivity contribution in [2.45, 2.75) is 43.8 Å². The Labute approximate surface area is 165 Å². The number of nitrogens with one attached hydrogen (secondary N) is 1. The van der Waals surface area contributed by atoms with E-state index in [0.717, 1.165) is 21.6 Å². The van der Waals surface area contributed by atoms with Crippen LogP contribution in [0.5, 0.6) is 0 Å². The van der Waals surface area contributed by atoms with E-state index in [-0.39, 0.29) is 17.7 Å². The average molecular weight is 401 g/mol. The minimum absolute atomic E-state index is 0.113. The zero-order chi connectivity index (χ0) is 18.8. The van der Waals surface area contributed by atoms with Gasteiger partial charge in [-0.15, -0.1) is 20.4 Å². The van der Waals surface area contributed by atoms with E-state index in [4.69, 9.17) is 0 Å². The van der Waals surface area contributed by atoms with Crippen molar-refractivity contribution in [2.75, 3.05) is 11.1 Å².